The molecule has 1 unspecified atom stereocenters. The number of ether oxygens (including phenoxy) is 2. The Morgan fingerprint density at radius 3 is 1.80 bits per heavy atom. The molecule has 0 saturated heterocycles. The first-order valence-corrected chi connectivity index (χ1v) is 23.1. The summed E-state index contributed by atoms with van der Waals surface area (Å²) in [5, 5.41) is 0. The number of ketones is 1. The van der Waals surface area contributed by atoms with Crippen LogP contribution in [0.5, 0.6) is 0 Å². The van der Waals surface area contributed by atoms with Crippen LogP contribution in [0.1, 0.15) is 155 Å². The van der Waals surface area contributed by atoms with E-state index in [1.807, 2.05) is 39.4 Å². The maximum absolute atomic E-state index is 12.6. The van der Waals surface area contributed by atoms with Gasteiger partial charge in [0.1, 0.15) is 19.8 Å². The van der Waals surface area contributed by atoms with Crippen molar-refractivity contribution in [2.24, 2.45) is 0 Å². The molecule has 0 amide bonds. The number of likely N-dealkylation sites (N-methyl/N-ethyl adjacent to an activating group) is 1. The molecule has 9 nitrogen and oxygen atoms in total. The van der Waals surface area contributed by atoms with Crippen LogP contribution in [0.2, 0.25) is 0 Å². The molecule has 0 spiro atoms. The molecule has 0 aliphatic carbocycles. The number of phosphoric acid groups is 1. The van der Waals surface area contributed by atoms with E-state index >= 15 is 0 Å². The summed E-state index contributed by atoms with van der Waals surface area (Å²) in [6.45, 7) is 4.38. The molecule has 0 aromatic carbocycles. The van der Waals surface area contributed by atoms with Gasteiger partial charge < -0.3 is 27.9 Å². The predicted octanol–water partition coefficient (Wildman–Crippen LogP) is 11.6. The highest BCUT2D eigenvalue weighted by molar-refractivity contribution is 7.45. The second-order valence-electron chi connectivity index (χ2n) is 15.4. The van der Waals surface area contributed by atoms with Gasteiger partial charge in [-0.3, -0.25) is 14.2 Å². The van der Waals surface area contributed by atoms with Crippen molar-refractivity contribution in [1.29, 1.82) is 0 Å². The number of carbonyl (C=O) groups excluding carboxylic acids is 2. The summed E-state index contributed by atoms with van der Waals surface area (Å²) in [5.41, 5.74) is 0. The van der Waals surface area contributed by atoms with Crippen LogP contribution < -0.4 is 4.89 Å². The summed E-state index contributed by atoms with van der Waals surface area (Å²) in [4.78, 5) is 37.3. The summed E-state index contributed by atoms with van der Waals surface area (Å²) in [5.74, 6) is -0.648. The third-order valence-electron chi connectivity index (χ3n) is 8.77. The lowest BCUT2D eigenvalue weighted by Crippen LogP contribution is -2.37. The quantitative estimate of drug-likeness (QED) is 0.00882. The molecule has 0 heterocycles. The summed E-state index contributed by atoms with van der Waals surface area (Å²) in [6.07, 6.45) is 45.8. The molecule has 0 fully saturated rings. The smallest absolute Gasteiger partial charge is 0.306 e. The number of allylic oxidation sites excluding steroid dienone is 11. The van der Waals surface area contributed by atoms with E-state index in [2.05, 4.69) is 50.3 Å². The maximum Gasteiger partial charge on any atom is 0.306 e. The molecule has 0 aromatic heterocycles. The number of rotatable bonds is 39. The minimum Gasteiger partial charge on any atom is -0.756 e. The van der Waals surface area contributed by atoms with Gasteiger partial charge in [-0.2, -0.15) is 0 Å². The molecule has 10 heteroatoms. The molecular formula is C46H80NO8P. The zero-order valence-corrected chi connectivity index (χ0v) is 36.9. The molecule has 0 radical (unpaired) electrons. The van der Waals surface area contributed by atoms with Crippen LogP contribution >= 0.6 is 7.82 Å². The Morgan fingerprint density at radius 1 is 0.625 bits per heavy atom. The number of hydrogen-bond donors (Lipinski definition) is 0. The van der Waals surface area contributed by atoms with E-state index in [9.17, 15) is 19.0 Å². The lowest BCUT2D eigenvalue weighted by molar-refractivity contribution is -0.870. The first-order valence-electron chi connectivity index (χ1n) is 21.7. The van der Waals surface area contributed by atoms with Gasteiger partial charge in [0.2, 0.25) is 0 Å². The first-order chi connectivity index (χ1) is 27.0. The Labute approximate surface area is 342 Å². The number of hydrogen-bond acceptors (Lipinski definition) is 8. The van der Waals surface area contributed by atoms with Gasteiger partial charge in [-0.25, -0.2) is 0 Å². The molecule has 0 aliphatic heterocycles. The highest BCUT2D eigenvalue weighted by atomic mass is 31.2. The Balaban J connectivity index is 4.53. The fourth-order valence-corrected chi connectivity index (χ4v) is 6.07. The molecule has 2 atom stereocenters. The monoisotopic (exact) mass is 806 g/mol. The lowest BCUT2D eigenvalue weighted by Gasteiger charge is -2.28. The zero-order chi connectivity index (χ0) is 41.4. The van der Waals surface area contributed by atoms with E-state index < -0.39 is 26.5 Å². The standard InChI is InChI=1S/C46H80NO8P/c1-6-8-10-12-14-16-18-20-21-22-24-26-28-30-32-34-40-52-42-45(43-54-56(50,51)53-41-39-47(3,4)5)55-46(49)38-35-37-44(48)36-33-31-29-27-25-23-19-17-15-13-11-9-7-2/h15-18,23,25,29,31,33-34,36,40,45H,6-14,19-22,24,26-28,30,32,35,37-39,41-43H2,1-5H3/b17-15-,18-16-,25-23-,31-29-,36-33+,40-34+/t45-/m1/s1. The second kappa shape index (κ2) is 38.0. The van der Waals surface area contributed by atoms with E-state index in [1.165, 1.54) is 89.5 Å². The molecule has 322 valence electrons. The van der Waals surface area contributed by atoms with Crippen LogP contribution in [0, 0.1) is 0 Å². The van der Waals surface area contributed by atoms with E-state index in [0.717, 1.165) is 38.5 Å². The van der Waals surface area contributed by atoms with Gasteiger partial charge in [-0.15, -0.1) is 0 Å². The van der Waals surface area contributed by atoms with Gasteiger partial charge >= 0.3 is 5.97 Å². The van der Waals surface area contributed by atoms with Crippen LogP contribution in [0.15, 0.2) is 73.1 Å². The Bertz CT molecular complexity index is 1180. The zero-order valence-electron chi connectivity index (χ0n) is 36.1. The van der Waals surface area contributed by atoms with Crippen LogP contribution in [0.25, 0.3) is 0 Å². The fraction of sp³-hybridized carbons (Fsp3) is 0.696. The lowest BCUT2D eigenvalue weighted by atomic mass is 10.1. The average molecular weight is 806 g/mol. The molecular weight excluding hydrogens is 725 g/mol. The molecule has 0 saturated carbocycles. The molecule has 0 aliphatic rings. The SMILES string of the molecule is CCCCC/C=C\C/C=C\C/C=C\C=C\C(=O)CCCC(=O)O[C@H](CO/C=C/CCCCCCCC/C=C\CCCCCC)COP(=O)([O-])OCC[N+](C)(C)C. The number of esters is 1. The van der Waals surface area contributed by atoms with Gasteiger partial charge in [0.15, 0.2) is 11.9 Å². The third kappa shape index (κ3) is 41.1. The fourth-order valence-electron chi connectivity index (χ4n) is 5.34. The number of unbranched alkanes of at least 4 members (excludes halogenated alkanes) is 14. The minimum atomic E-state index is -4.61. The average Bonchev–Trinajstić information content (AvgIpc) is 3.14. The van der Waals surface area contributed by atoms with Gasteiger partial charge in [-0.05, 0) is 82.8 Å². The van der Waals surface area contributed by atoms with Gasteiger partial charge in [0.25, 0.3) is 7.82 Å². The summed E-state index contributed by atoms with van der Waals surface area (Å²) < 4.78 is 34.0. The van der Waals surface area contributed by atoms with Crippen molar-refractivity contribution in [3.05, 3.63) is 73.1 Å². The number of carbonyl (C=O) groups is 2. The largest absolute Gasteiger partial charge is 0.756 e. The summed E-state index contributed by atoms with van der Waals surface area (Å²) in [6, 6.07) is 0. The Morgan fingerprint density at radius 2 is 1.16 bits per heavy atom. The van der Waals surface area contributed by atoms with E-state index in [0.29, 0.717) is 17.4 Å². The van der Waals surface area contributed by atoms with Crippen LogP contribution in [0.4, 0.5) is 0 Å². The molecule has 0 N–H and O–H groups in total. The van der Waals surface area contributed by atoms with Crippen molar-refractivity contribution in [2.45, 2.75) is 161 Å². The van der Waals surface area contributed by atoms with Crippen molar-refractivity contribution in [1.82, 2.24) is 0 Å². The molecule has 0 rings (SSSR count). The van der Waals surface area contributed by atoms with Gasteiger partial charge in [0.05, 0.1) is 34.0 Å². The summed E-state index contributed by atoms with van der Waals surface area (Å²) >= 11 is 0. The van der Waals surface area contributed by atoms with Crippen molar-refractivity contribution in [3.8, 4) is 0 Å². The number of nitrogens with zero attached hydrogens (tertiary/aromatic N) is 1. The summed E-state index contributed by atoms with van der Waals surface area (Å²) in [7, 11) is 1.17. The first kappa shape index (κ1) is 53.5. The van der Waals surface area contributed by atoms with Gasteiger partial charge in [-0.1, -0.05) is 126 Å². The predicted molar refractivity (Wildman–Crippen MR) is 231 cm³/mol. The Kier molecular flexibility index (Phi) is 36.3. The van der Waals surface area contributed by atoms with E-state index in [4.69, 9.17) is 18.5 Å². The third-order valence-corrected chi connectivity index (χ3v) is 9.73. The molecule has 0 bridgehead atoms. The van der Waals surface area contributed by atoms with Crippen molar-refractivity contribution < 1.29 is 42.1 Å². The molecule has 0 aromatic rings. The topological polar surface area (TPSA) is 111 Å². The van der Waals surface area contributed by atoms with Gasteiger partial charge in [0, 0.05) is 12.8 Å². The highest BCUT2D eigenvalue weighted by Crippen LogP contribution is 2.38. The van der Waals surface area contributed by atoms with Crippen LogP contribution in [0.3, 0.4) is 0 Å². The minimum absolute atomic E-state index is 0.00443. The number of quaternary nitrogens is 1. The van der Waals surface area contributed by atoms with Crippen molar-refractivity contribution in [3.63, 3.8) is 0 Å². The Hall–Kier alpha value is -2.55. The van der Waals surface area contributed by atoms with Crippen LogP contribution in [-0.4, -0.2) is 69.8 Å². The van der Waals surface area contributed by atoms with Crippen molar-refractivity contribution in [2.75, 3.05) is 47.5 Å². The maximum atomic E-state index is 12.6. The molecule has 56 heavy (non-hydrogen) atoms. The highest BCUT2D eigenvalue weighted by Gasteiger charge is 2.20. The number of phosphoric ester groups is 1. The van der Waals surface area contributed by atoms with Crippen molar-refractivity contribution >= 4 is 19.6 Å². The van der Waals surface area contributed by atoms with E-state index in [-0.39, 0.29) is 31.8 Å². The van der Waals surface area contributed by atoms with E-state index in [1.54, 1.807) is 12.3 Å². The second-order valence-corrected chi connectivity index (χ2v) is 16.9. The van der Waals surface area contributed by atoms with Crippen LogP contribution in [-0.2, 0) is 32.7 Å². The normalized spacial score (nSPS) is 14.3.